The van der Waals surface area contributed by atoms with E-state index in [4.69, 9.17) is 5.11 Å². The van der Waals surface area contributed by atoms with E-state index in [9.17, 15) is 10.1 Å². The van der Waals surface area contributed by atoms with Crippen molar-refractivity contribution >= 4 is 21.6 Å². The minimum Gasteiger partial charge on any atom is -0.395 e. The van der Waals surface area contributed by atoms with E-state index in [0.29, 0.717) is 12.1 Å². The molecule has 1 aromatic carbocycles. The van der Waals surface area contributed by atoms with Crippen LogP contribution in [0, 0.1) is 10.1 Å². The summed E-state index contributed by atoms with van der Waals surface area (Å²) in [6.07, 6.45) is 0. The third-order valence-electron chi connectivity index (χ3n) is 2.15. The topological polar surface area (TPSA) is 75.4 Å². The standard InChI is InChI=1S/C10H13BrN2O3/c1-7(6-14)12-5-8-4-9(11)2-3-10(8)13(15)16/h2-4,7,12,14H,5-6H2,1H3/t7-/m0/s1. The van der Waals surface area contributed by atoms with Crippen molar-refractivity contribution in [3.05, 3.63) is 38.3 Å². The molecule has 0 aliphatic heterocycles. The first-order valence-electron chi connectivity index (χ1n) is 4.81. The lowest BCUT2D eigenvalue weighted by atomic mass is 10.1. The van der Waals surface area contributed by atoms with Crippen molar-refractivity contribution in [2.75, 3.05) is 6.61 Å². The highest BCUT2D eigenvalue weighted by atomic mass is 79.9. The summed E-state index contributed by atoms with van der Waals surface area (Å²) in [5.74, 6) is 0. The van der Waals surface area contributed by atoms with E-state index in [1.54, 1.807) is 12.1 Å². The second kappa shape index (κ2) is 5.93. The Morgan fingerprint density at radius 2 is 2.31 bits per heavy atom. The Kier molecular flexibility index (Phi) is 4.85. The lowest BCUT2D eigenvalue weighted by molar-refractivity contribution is -0.385. The molecule has 5 nitrogen and oxygen atoms in total. The third-order valence-corrected chi connectivity index (χ3v) is 2.65. The van der Waals surface area contributed by atoms with Crippen LogP contribution in [0.1, 0.15) is 12.5 Å². The van der Waals surface area contributed by atoms with E-state index in [-0.39, 0.29) is 18.3 Å². The molecule has 1 rings (SSSR count). The molecule has 0 bridgehead atoms. The number of nitrogens with zero attached hydrogens (tertiary/aromatic N) is 1. The van der Waals surface area contributed by atoms with Crippen LogP contribution in [0.3, 0.4) is 0 Å². The van der Waals surface area contributed by atoms with Gasteiger partial charge in [0.2, 0.25) is 0 Å². The molecule has 0 heterocycles. The normalized spacial score (nSPS) is 12.4. The first-order valence-corrected chi connectivity index (χ1v) is 5.61. The molecule has 1 atom stereocenters. The van der Waals surface area contributed by atoms with Gasteiger partial charge in [0.15, 0.2) is 0 Å². The number of benzene rings is 1. The highest BCUT2D eigenvalue weighted by molar-refractivity contribution is 9.10. The van der Waals surface area contributed by atoms with E-state index >= 15 is 0 Å². The van der Waals surface area contributed by atoms with Crippen molar-refractivity contribution in [3.63, 3.8) is 0 Å². The summed E-state index contributed by atoms with van der Waals surface area (Å²) < 4.78 is 0.798. The van der Waals surface area contributed by atoms with Gasteiger partial charge in [-0.1, -0.05) is 15.9 Å². The van der Waals surface area contributed by atoms with Crippen LogP contribution in [-0.4, -0.2) is 22.7 Å². The van der Waals surface area contributed by atoms with Crippen LogP contribution < -0.4 is 5.32 Å². The predicted molar refractivity (Wildman–Crippen MR) is 64.2 cm³/mol. The van der Waals surface area contributed by atoms with Crippen molar-refractivity contribution in [1.29, 1.82) is 0 Å². The Morgan fingerprint density at radius 3 is 2.88 bits per heavy atom. The number of nitrogens with one attached hydrogen (secondary N) is 1. The molecule has 2 N–H and O–H groups in total. The Balaban J connectivity index is 2.84. The van der Waals surface area contributed by atoms with Crippen molar-refractivity contribution in [2.45, 2.75) is 19.5 Å². The fourth-order valence-corrected chi connectivity index (χ4v) is 1.63. The van der Waals surface area contributed by atoms with E-state index in [0.717, 1.165) is 4.47 Å². The first-order chi connectivity index (χ1) is 7.54. The molecule has 6 heteroatoms. The molecule has 0 fully saturated rings. The van der Waals surface area contributed by atoms with Gasteiger partial charge < -0.3 is 10.4 Å². The van der Waals surface area contributed by atoms with E-state index in [1.807, 2.05) is 6.92 Å². The monoisotopic (exact) mass is 288 g/mol. The summed E-state index contributed by atoms with van der Waals surface area (Å²) in [5.41, 5.74) is 0.681. The minimum atomic E-state index is -0.410. The van der Waals surface area contributed by atoms with Crippen LogP contribution >= 0.6 is 15.9 Å². The van der Waals surface area contributed by atoms with Gasteiger partial charge in [-0.2, -0.15) is 0 Å². The Morgan fingerprint density at radius 1 is 1.62 bits per heavy atom. The number of hydrogen-bond donors (Lipinski definition) is 2. The molecule has 0 aliphatic rings. The van der Waals surface area contributed by atoms with Crippen LogP contribution in [0.15, 0.2) is 22.7 Å². The van der Waals surface area contributed by atoms with Gasteiger partial charge >= 0.3 is 0 Å². The Labute approximate surface area is 102 Å². The maximum Gasteiger partial charge on any atom is 0.273 e. The Bertz CT molecular complexity index is 384. The quantitative estimate of drug-likeness (QED) is 0.640. The molecule has 0 saturated carbocycles. The largest absolute Gasteiger partial charge is 0.395 e. The third kappa shape index (κ3) is 3.55. The molecule has 0 amide bonds. The molecular formula is C10H13BrN2O3. The second-order valence-corrected chi connectivity index (χ2v) is 4.41. The highest BCUT2D eigenvalue weighted by Crippen LogP contribution is 2.22. The number of halogens is 1. The molecule has 0 spiro atoms. The zero-order valence-corrected chi connectivity index (χ0v) is 10.4. The van der Waals surface area contributed by atoms with Crippen molar-refractivity contribution in [2.24, 2.45) is 0 Å². The van der Waals surface area contributed by atoms with Gasteiger partial charge in [-0.25, -0.2) is 0 Å². The summed E-state index contributed by atoms with van der Waals surface area (Å²) in [4.78, 5) is 10.4. The van der Waals surface area contributed by atoms with E-state index < -0.39 is 4.92 Å². The van der Waals surface area contributed by atoms with Gasteiger partial charge in [-0.05, 0) is 19.1 Å². The van der Waals surface area contributed by atoms with Crippen LogP contribution in [-0.2, 0) is 6.54 Å². The molecule has 0 saturated heterocycles. The summed E-state index contributed by atoms with van der Waals surface area (Å²) in [6, 6.07) is 4.72. The van der Waals surface area contributed by atoms with Crippen molar-refractivity contribution in [3.8, 4) is 0 Å². The van der Waals surface area contributed by atoms with Crippen molar-refractivity contribution in [1.82, 2.24) is 5.32 Å². The number of rotatable bonds is 5. The lowest BCUT2D eigenvalue weighted by Crippen LogP contribution is -2.28. The highest BCUT2D eigenvalue weighted by Gasteiger charge is 2.13. The predicted octanol–water partition coefficient (Wildman–Crippen LogP) is 1.83. The first kappa shape index (κ1) is 13.1. The maximum absolute atomic E-state index is 10.8. The van der Waals surface area contributed by atoms with Gasteiger partial charge in [0.05, 0.1) is 11.5 Å². The maximum atomic E-state index is 10.8. The molecule has 0 aliphatic carbocycles. The van der Waals surface area contributed by atoms with Crippen LogP contribution in [0.4, 0.5) is 5.69 Å². The Hall–Kier alpha value is -0.980. The molecule has 0 radical (unpaired) electrons. The molecule has 88 valence electrons. The molecular weight excluding hydrogens is 276 g/mol. The summed E-state index contributed by atoms with van der Waals surface area (Å²) >= 11 is 3.27. The smallest absolute Gasteiger partial charge is 0.273 e. The van der Waals surface area contributed by atoms with Crippen LogP contribution in [0.5, 0.6) is 0 Å². The van der Waals surface area contributed by atoms with Gasteiger partial charge in [-0.15, -0.1) is 0 Å². The number of nitro benzene ring substituents is 1. The van der Waals surface area contributed by atoms with Gasteiger partial charge in [0.1, 0.15) is 0 Å². The minimum absolute atomic E-state index is 0.00179. The average Bonchev–Trinajstić information content (AvgIpc) is 2.25. The fraction of sp³-hybridized carbons (Fsp3) is 0.400. The average molecular weight is 289 g/mol. The molecule has 1 aromatic rings. The molecule has 16 heavy (non-hydrogen) atoms. The summed E-state index contributed by atoms with van der Waals surface area (Å²) in [6.45, 7) is 2.17. The van der Waals surface area contributed by atoms with E-state index in [1.165, 1.54) is 6.07 Å². The second-order valence-electron chi connectivity index (χ2n) is 3.49. The number of aliphatic hydroxyl groups excluding tert-OH is 1. The van der Waals surface area contributed by atoms with Gasteiger partial charge in [-0.3, -0.25) is 10.1 Å². The van der Waals surface area contributed by atoms with Gasteiger partial charge in [0, 0.05) is 28.7 Å². The summed E-state index contributed by atoms with van der Waals surface area (Å²) in [5, 5.41) is 22.6. The lowest BCUT2D eigenvalue weighted by Gasteiger charge is -2.10. The SMILES string of the molecule is C[C@@H](CO)NCc1cc(Br)ccc1[N+](=O)[O-]. The van der Waals surface area contributed by atoms with Crippen molar-refractivity contribution < 1.29 is 10.0 Å². The summed E-state index contributed by atoms with van der Waals surface area (Å²) in [7, 11) is 0. The zero-order chi connectivity index (χ0) is 12.1. The molecule has 0 unspecified atom stereocenters. The van der Waals surface area contributed by atoms with Crippen LogP contribution in [0.2, 0.25) is 0 Å². The number of aliphatic hydroxyl groups is 1. The van der Waals surface area contributed by atoms with Gasteiger partial charge in [0.25, 0.3) is 5.69 Å². The number of nitro groups is 1. The number of hydrogen-bond acceptors (Lipinski definition) is 4. The fourth-order valence-electron chi connectivity index (χ4n) is 1.22. The van der Waals surface area contributed by atoms with E-state index in [2.05, 4.69) is 21.2 Å². The zero-order valence-electron chi connectivity index (χ0n) is 8.81. The van der Waals surface area contributed by atoms with Crippen LogP contribution in [0.25, 0.3) is 0 Å². The molecule has 0 aromatic heterocycles.